The van der Waals surface area contributed by atoms with Crippen LogP contribution in [0.2, 0.25) is 0 Å². The molecule has 2 nitrogen and oxygen atoms in total. The van der Waals surface area contributed by atoms with Gasteiger partial charge in [0, 0.05) is 4.47 Å². The first-order valence-corrected chi connectivity index (χ1v) is 4.72. The normalized spacial score (nSPS) is 13.0. The Morgan fingerprint density at radius 2 is 2.07 bits per heavy atom. The van der Waals surface area contributed by atoms with Crippen molar-refractivity contribution in [1.82, 2.24) is 0 Å². The Morgan fingerprint density at radius 1 is 1.43 bits per heavy atom. The van der Waals surface area contributed by atoms with Gasteiger partial charge in [0.2, 0.25) is 0 Å². The summed E-state index contributed by atoms with van der Waals surface area (Å²) in [5.41, 5.74) is 0.517. The van der Waals surface area contributed by atoms with Gasteiger partial charge in [0.05, 0.1) is 6.10 Å². The Kier molecular flexibility index (Phi) is 3.83. The molecule has 0 saturated heterocycles. The van der Waals surface area contributed by atoms with E-state index >= 15 is 0 Å². The maximum atomic E-state index is 11.9. The lowest BCUT2D eigenvalue weighted by molar-refractivity contribution is -0.0499. The van der Waals surface area contributed by atoms with Crippen LogP contribution >= 0.6 is 15.9 Å². The van der Waals surface area contributed by atoms with Crippen molar-refractivity contribution in [2.24, 2.45) is 0 Å². The molecule has 1 atom stereocenters. The second-order valence-corrected chi connectivity index (χ2v) is 3.59. The van der Waals surface area contributed by atoms with Crippen molar-refractivity contribution >= 4 is 15.9 Å². The lowest BCUT2D eigenvalue weighted by Gasteiger charge is -2.10. The fourth-order valence-electron chi connectivity index (χ4n) is 1.02. The van der Waals surface area contributed by atoms with Crippen molar-refractivity contribution in [3.63, 3.8) is 0 Å². The molecule has 14 heavy (non-hydrogen) atoms. The van der Waals surface area contributed by atoms with Crippen LogP contribution in [-0.4, -0.2) is 11.7 Å². The smallest absolute Gasteiger partial charge is 0.387 e. The largest absolute Gasteiger partial charge is 0.435 e. The Hall–Kier alpha value is -0.680. The van der Waals surface area contributed by atoms with Crippen LogP contribution in [0.4, 0.5) is 8.78 Å². The first kappa shape index (κ1) is 11.4. The molecule has 0 fully saturated rings. The van der Waals surface area contributed by atoms with E-state index in [4.69, 9.17) is 0 Å². The molecule has 0 aromatic heterocycles. The Bertz CT molecular complexity index is 316. The van der Waals surface area contributed by atoms with Crippen molar-refractivity contribution in [1.29, 1.82) is 0 Å². The molecule has 0 radical (unpaired) electrons. The van der Waals surface area contributed by atoms with Gasteiger partial charge in [0.15, 0.2) is 0 Å². The molecule has 5 heteroatoms. The fourth-order valence-corrected chi connectivity index (χ4v) is 1.60. The highest BCUT2D eigenvalue weighted by Crippen LogP contribution is 2.28. The first-order chi connectivity index (χ1) is 6.50. The molecule has 0 aliphatic carbocycles. The molecule has 0 saturated carbocycles. The topological polar surface area (TPSA) is 29.5 Å². The number of ether oxygens (including phenoxy) is 1. The highest BCUT2D eigenvalue weighted by Gasteiger charge is 2.10. The third-order valence-corrected chi connectivity index (χ3v) is 2.36. The van der Waals surface area contributed by atoms with Gasteiger partial charge in [-0.3, -0.25) is 0 Å². The number of aliphatic hydroxyl groups is 1. The molecule has 1 N–H and O–H groups in total. The van der Waals surface area contributed by atoms with Crippen molar-refractivity contribution in [2.75, 3.05) is 0 Å². The van der Waals surface area contributed by atoms with Crippen molar-refractivity contribution in [2.45, 2.75) is 19.6 Å². The first-order valence-electron chi connectivity index (χ1n) is 3.93. The average Bonchev–Trinajstić information content (AvgIpc) is 2.07. The Balaban J connectivity index is 2.94. The number of hydrogen-bond acceptors (Lipinski definition) is 2. The molecule has 0 aliphatic rings. The zero-order valence-electron chi connectivity index (χ0n) is 7.38. The van der Waals surface area contributed by atoms with Gasteiger partial charge in [-0.1, -0.05) is 15.9 Å². The summed E-state index contributed by atoms with van der Waals surface area (Å²) >= 11 is 3.19. The minimum Gasteiger partial charge on any atom is -0.435 e. The fraction of sp³-hybridized carbons (Fsp3) is 0.333. The van der Waals surface area contributed by atoms with Gasteiger partial charge in [-0.2, -0.15) is 8.78 Å². The molecule has 78 valence electrons. The second kappa shape index (κ2) is 4.70. The van der Waals surface area contributed by atoms with Crippen LogP contribution in [0.3, 0.4) is 0 Å². The third kappa shape index (κ3) is 2.92. The molecule has 0 spiro atoms. The molecular formula is C9H9BrF2O2. The van der Waals surface area contributed by atoms with Gasteiger partial charge < -0.3 is 9.84 Å². The number of alkyl halides is 2. The standard InChI is InChI=1S/C9H9BrF2O2/c1-5(13)7-4-6(14-9(11)12)2-3-8(7)10/h2-5,9,13H,1H3/t5-/m1/s1. The summed E-state index contributed by atoms with van der Waals surface area (Å²) in [6.07, 6.45) is -0.731. The minimum atomic E-state index is -2.85. The number of halogens is 3. The van der Waals surface area contributed by atoms with Crippen LogP contribution in [0.5, 0.6) is 5.75 Å². The monoisotopic (exact) mass is 266 g/mol. The van der Waals surface area contributed by atoms with Gasteiger partial charge in [-0.05, 0) is 30.7 Å². The van der Waals surface area contributed by atoms with Crippen LogP contribution < -0.4 is 4.74 Å². The Morgan fingerprint density at radius 3 is 2.57 bits per heavy atom. The molecular weight excluding hydrogens is 258 g/mol. The predicted molar refractivity (Wildman–Crippen MR) is 51.4 cm³/mol. The second-order valence-electron chi connectivity index (χ2n) is 2.74. The summed E-state index contributed by atoms with van der Waals surface area (Å²) < 4.78 is 28.6. The summed E-state index contributed by atoms with van der Waals surface area (Å²) in [5.74, 6) is 0.0408. The van der Waals surface area contributed by atoms with Crippen molar-refractivity contribution < 1.29 is 18.6 Å². The van der Waals surface area contributed by atoms with Gasteiger partial charge in [0.1, 0.15) is 5.75 Å². The van der Waals surface area contributed by atoms with Gasteiger partial charge in [-0.25, -0.2) is 0 Å². The lowest BCUT2D eigenvalue weighted by atomic mass is 10.1. The highest BCUT2D eigenvalue weighted by atomic mass is 79.9. The van der Waals surface area contributed by atoms with E-state index in [1.54, 1.807) is 13.0 Å². The predicted octanol–water partition coefficient (Wildman–Crippen LogP) is 3.10. The summed E-state index contributed by atoms with van der Waals surface area (Å²) in [4.78, 5) is 0. The van der Waals surface area contributed by atoms with Crippen LogP contribution in [-0.2, 0) is 0 Å². The maximum Gasteiger partial charge on any atom is 0.387 e. The van der Waals surface area contributed by atoms with Crippen LogP contribution in [0.25, 0.3) is 0 Å². The summed E-state index contributed by atoms with van der Waals surface area (Å²) in [5, 5.41) is 9.29. The van der Waals surface area contributed by atoms with E-state index in [1.807, 2.05) is 0 Å². The van der Waals surface area contributed by atoms with Gasteiger partial charge in [0.25, 0.3) is 0 Å². The van der Waals surface area contributed by atoms with Crippen LogP contribution in [0.15, 0.2) is 22.7 Å². The molecule has 0 unspecified atom stereocenters. The molecule has 0 bridgehead atoms. The third-order valence-electron chi connectivity index (χ3n) is 1.64. The lowest BCUT2D eigenvalue weighted by Crippen LogP contribution is -2.03. The average molecular weight is 267 g/mol. The van der Waals surface area contributed by atoms with E-state index in [2.05, 4.69) is 20.7 Å². The molecule has 0 aliphatic heterocycles. The summed E-state index contributed by atoms with van der Waals surface area (Å²) in [6, 6.07) is 4.34. The molecule has 0 amide bonds. The van der Waals surface area contributed by atoms with E-state index in [1.165, 1.54) is 12.1 Å². The summed E-state index contributed by atoms with van der Waals surface area (Å²) in [6.45, 7) is -1.30. The number of aliphatic hydroxyl groups excluding tert-OH is 1. The molecule has 1 aromatic carbocycles. The quantitative estimate of drug-likeness (QED) is 0.911. The van der Waals surface area contributed by atoms with Crippen molar-refractivity contribution in [3.05, 3.63) is 28.2 Å². The number of hydrogen-bond donors (Lipinski definition) is 1. The van der Waals surface area contributed by atoms with E-state index in [0.717, 1.165) is 0 Å². The van der Waals surface area contributed by atoms with Gasteiger partial charge in [-0.15, -0.1) is 0 Å². The van der Waals surface area contributed by atoms with Crippen molar-refractivity contribution in [3.8, 4) is 5.75 Å². The zero-order valence-corrected chi connectivity index (χ0v) is 8.96. The van der Waals surface area contributed by atoms with E-state index in [-0.39, 0.29) is 5.75 Å². The molecule has 0 heterocycles. The Labute approximate surface area is 88.6 Å². The summed E-state index contributed by atoms with van der Waals surface area (Å²) in [7, 11) is 0. The van der Waals surface area contributed by atoms with E-state index in [0.29, 0.717) is 10.0 Å². The maximum absolute atomic E-state index is 11.9. The SMILES string of the molecule is C[C@@H](O)c1cc(OC(F)F)ccc1Br. The number of rotatable bonds is 3. The van der Waals surface area contributed by atoms with Gasteiger partial charge >= 0.3 is 6.61 Å². The van der Waals surface area contributed by atoms with Crippen LogP contribution in [0.1, 0.15) is 18.6 Å². The highest BCUT2D eigenvalue weighted by molar-refractivity contribution is 9.10. The van der Waals surface area contributed by atoms with Crippen LogP contribution in [0, 0.1) is 0 Å². The molecule has 1 aromatic rings. The van der Waals surface area contributed by atoms with E-state index < -0.39 is 12.7 Å². The molecule has 1 rings (SSSR count). The van der Waals surface area contributed by atoms with E-state index in [9.17, 15) is 13.9 Å². The minimum absolute atomic E-state index is 0.0408. The zero-order chi connectivity index (χ0) is 10.7. The number of benzene rings is 1.